The van der Waals surface area contributed by atoms with E-state index in [4.69, 9.17) is 4.74 Å². The molecule has 2 heterocycles. The van der Waals surface area contributed by atoms with Gasteiger partial charge in [0.1, 0.15) is 18.0 Å². The van der Waals surface area contributed by atoms with E-state index in [-0.39, 0.29) is 11.8 Å². The zero-order valence-electron chi connectivity index (χ0n) is 17.3. The van der Waals surface area contributed by atoms with Crippen molar-refractivity contribution in [2.24, 2.45) is 0 Å². The normalized spacial score (nSPS) is 10.5. The Morgan fingerprint density at radius 1 is 1.03 bits per heavy atom. The van der Waals surface area contributed by atoms with Crippen molar-refractivity contribution in [2.45, 2.75) is 13.2 Å². The monoisotopic (exact) mass is 426 g/mol. The Bertz CT molecular complexity index is 1210. The molecule has 2 amide bonds. The number of benzene rings is 2. The summed E-state index contributed by atoms with van der Waals surface area (Å²) in [5.74, 6) is 0.230. The van der Waals surface area contributed by atoms with E-state index in [9.17, 15) is 9.59 Å². The fourth-order valence-corrected chi connectivity index (χ4v) is 3.09. The lowest BCUT2D eigenvalue weighted by Gasteiger charge is -2.08. The number of nitrogens with one attached hydrogen (secondary N) is 2. The van der Waals surface area contributed by atoms with Crippen LogP contribution in [0.2, 0.25) is 0 Å². The molecule has 2 N–H and O–H groups in total. The summed E-state index contributed by atoms with van der Waals surface area (Å²) in [6.07, 6.45) is 5.10. The van der Waals surface area contributed by atoms with E-state index in [2.05, 4.69) is 22.2 Å². The molecule has 0 unspecified atom stereocenters. The Morgan fingerprint density at radius 2 is 1.81 bits per heavy atom. The molecule has 7 nitrogen and oxygen atoms in total. The number of carbonyl (C=O) groups is 2. The summed E-state index contributed by atoms with van der Waals surface area (Å²) in [4.78, 5) is 28.2. The highest BCUT2D eigenvalue weighted by molar-refractivity contribution is 6.04. The molecular weight excluding hydrogens is 404 g/mol. The van der Waals surface area contributed by atoms with Crippen LogP contribution in [0.3, 0.4) is 0 Å². The molecule has 0 saturated carbocycles. The maximum atomic E-state index is 12.5. The van der Waals surface area contributed by atoms with Gasteiger partial charge in [-0.3, -0.25) is 9.59 Å². The maximum absolute atomic E-state index is 12.5. The van der Waals surface area contributed by atoms with Gasteiger partial charge in [-0.05, 0) is 60.2 Å². The highest BCUT2D eigenvalue weighted by Crippen LogP contribution is 2.18. The minimum absolute atomic E-state index is 0.218. The average molecular weight is 426 g/mol. The van der Waals surface area contributed by atoms with Gasteiger partial charge in [0.2, 0.25) is 5.91 Å². The number of nitrogens with zero attached hydrogens (tertiary/aromatic N) is 2. The van der Waals surface area contributed by atoms with Crippen LogP contribution in [0.25, 0.3) is 5.65 Å². The summed E-state index contributed by atoms with van der Waals surface area (Å²) in [6.45, 7) is 4.14. The molecule has 0 spiro atoms. The third-order valence-corrected chi connectivity index (χ3v) is 4.78. The lowest BCUT2D eigenvalue weighted by atomic mass is 10.1. The average Bonchev–Trinajstić information content (AvgIpc) is 3.25. The maximum Gasteiger partial charge on any atom is 0.255 e. The quantitative estimate of drug-likeness (QED) is 0.418. The van der Waals surface area contributed by atoms with Gasteiger partial charge in [0.25, 0.3) is 5.91 Å². The van der Waals surface area contributed by atoms with Crippen LogP contribution in [0, 0.1) is 0 Å². The molecule has 0 saturated heterocycles. The van der Waals surface area contributed by atoms with E-state index in [1.807, 2.05) is 35.0 Å². The lowest BCUT2D eigenvalue weighted by molar-refractivity contribution is -0.116. The van der Waals surface area contributed by atoms with Crippen LogP contribution in [0.1, 0.15) is 21.6 Å². The van der Waals surface area contributed by atoms with E-state index >= 15 is 0 Å². The number of pyridine rings is 1. The number of anilines is 1. The van der Waals surface area contributed by atoms with Crippen LogP contribution in [0.15, 0.2) is 91.8 Å². The van der Waals surface area contributed by atoms with Gasteiger partial charge in [0.05, 0.1) is 5.69 Å². The highest BCUT2D eigenvalue weighted by Gasteiger charge is 2.07. The molecule has 0 aliphatic rings. The van der Waals surface area contributed by atoms with E-state index < -0.39 is 0 Å². The van der Waals surface area contributed by atoms with Gasteiger partial charge in [-0.25, -0.2) is 4.98 Å². The minimum Gasteiger partial charge on any atom is -0.487 e. The summed E-state index contributed by atoms with van der Waals surface area (Å²) in [7, 11) is 0. The number of hydrogen-bond donors (Lipinski definition) is 2. The van der Waals surface area contributed by atoms with Crippen molar-refractivity contribution in [1.29, 1.82) is 0 Å². The molecule has 0 radical (unpaired) electrons. The number of amides is 2. The van der Waals surface area contributed by atoms with Crippen molar-refractivity contribution >= 4 is 23.1 Å². The molecule has 32 heavy (non-hydrogen) atoms. The summed E-state index contributed by atoms with van der Waals surface area (Å²) in [5, 5.41) is 5.56. The molecule has 0 bridgehead atoms. The molecule has 2 aromatic carbocycles. The standard InChI is InChI=1S/C25H22N4O3/c1-2-24(30)26-15-18-6-8-19(9-7-18)25(31)28-20-10-12-22(13-11-20)32-17-21-16-29-14-4-3-5-23(29)27-21/h2-14,16H,1,15,17H2,(H,26,30)(H,28,31). The molecule has 7 heteroatoms. The number of imidazole rings is 1. The zero-order valence-corrected chi connectivity index (χ0v) is 17.3. The predicted molar refractivity (Wildman–Crippen MR) is 122 cm³/mol. The molecule has 160 valence electrons. The number of carbonyl (C=O) groups excluding carboxylic acids is 2. The van der Waals surface area contributed by atoms with Gasteiger partial charge in [0.15, 0.2) is 0 Å². The van der Waals surface area contributed by atoms with Crippen LogP contribution in [0.5, 0.6) is 5.75 Å². The lowest BCUT2D eigenvalue weighted by Crippen LogP contribution is -2.20. The van der Waals surface area contributed by atoms with E-state index in [0.717, 1.165) is 16.9 Å². The van der Waals surface area contributed by atoms with E-state index in [1.165, 1.54) is 6.08 Å². The van der Waals surface area contributed by atoms with Crippen molar-refractivity contribution in [3.05, 3.63) is 109 Å². The third kappa shape index (κ3) is 5.20. The van der Waals surface area contributed by atoms with Gasteiger partial charge in [-0.2, -0.15) is 0 Å². The number of fused-ring (bicyclic) bond motifs is 1. The first kappa shape index (κ1) is 20.9. The first-order chi connectivity index (χ1) is 15.6. The third-order valence-electron chi connectivity index (χ3n) is 4.78. The molecule has 0 aliphatic heterocycles. The Kier molecular flexibility index (Phi) is 6.27. The summed E-state index contributed by atoms with van der Waals surface area (Å²) < 4.78 is 7.75. The first-order valence-corrected chi connectivity index (χ1v) is 10.1. The van der Waals surface area contributed by atoms with Crippen molar-refractivity contribution in [2.75, 3.05) is 5.32 Å². The number of ether oxygens (including phenoxy) is 1. The fourth-order valence-electron chi connectivity index (χ4n) is 3.09. The van der Waals surface area contributed by atoms with Gasteiger partial charge in [0, 0.05) is 30.2 Å². The molecule has 2 aromatic heterocycles. The summed E-state index contributed by atoms with van der Waals surface area (Å²) >= 11 is 0. The van der Waals surface area contributed by atoms with Crippen LogP contribution in [-0.4, -0.2) is 21.2 Å². The van der Waals surface area contributed by atoms with Crippen molar-refractivity contribution < 1.29 is 14.3 Å². The summed E-state index contributed by atoms with van der Waals surface area (Å²) in [6, 6.07) is 20.1. The van der Waals surface area contributed by atoms with E-state index in [0.29, 0.717) is 30.2 Å². The number of aromatic nitrogens is 2. The smallest absolute Gasteiger partial charge is 0.255 e. The molecule has 4 rings (SSSR count). The molecule has 0 fully saturated rings. The molecule has 0 atom stereocenters. The zero-order chi connectivity index (χ0) is 22.3. The van der Waals surface area contributed by atoms with E-state index in [1.54, 1.807) is 48.5 Å². The molecule has 4 aromatic rings. The summed E-state index contributed by atoms with van der Waals surface area (Å²) in [5.41, 5.74) is 3.79. The Hall–Kier alpha value is -4.39. The second-order valence-electron chi connectivity index (χ2n) is 7.08. The van der Waals surface area contributed by atoms with Gasteiger partial charge >= 0.3 is 0 Å². The Labute approximate surface area is 185 Å². The van der Waals surface area contributed by atoms with Gasteiger partial charge in [-0.1, -0.05) is 24.8 Å². The van der Waals surface area contributed by atoms with Crippen molar-refractivity contribution in [1.82, 2.24) is 14.7 Å². The first-order valence-electron chi connectivity index (χ1n) is 10.1. The predicted octanol–water partition coefficient (Wildman–Crippen LogP) is 3.97. The van der Waals surface area contributed by atoms with Gasteiger partial charge in [-0.15, -0.1) is 0 Å². The largest absolute Gasteiger partial charge is 0.487 e. The van der Waals surface area contributed by atoms with Crippen LogP contribution < -0.4 is 15.4 Å². The van der Waals surface area contributed by atoms with Crippen molar-refractivity contribution in [3.8, 4) is 5.75 Å². The number of hydrogen-bond acceptors (Lipinski definition) is 4. The second kappa shape index (κ2) is 9.61. The Morgan fingerprint density at radius 3 is 2.53 bits per heavy atom. The second-order valence-corrected chi connectivity index (χ2v) is 7.08. The van der Waals surface area contributed by atoms with Crippen LogP contribution in [0.4, 0.5) is 5.69 Å². The highest BCUT2D eigenvalue weighted by atomic mass is 16.5. The van der Waals surface area contributed by atoms with Crippen LogP contribution in [-0.2, 0) is 17.9 Å². The topological polar surface area (TPSA) is 84.7 Å². The SMILES string of the molecule is C=CC(=O)NCc1ccc(C(=O)Nc2ccc(OCc3cn4ccccc4n3)cc2)cc1. The minimum atomic E-state index is -0.238. The van der Waals surface area contributed by atoms with Crippen LogP contribution >= 0.6 is 0 Å². The Balaban J connectivity index is 1.30. The number of rotatable bonds is 8. The fraction of sp³-hybridized carbons (Fsp3) is 0.0800. The molecular formula is C25H22N4O3. The molecule has 0 aliphatic carbocycles. The van der Waals surface area contributed by atoms with Crippen molar-refractivity contribution in [3.63, 3.8) is 0 Å². The van der Waals surface area contributed by atoms with Gasteiger partial charge < -0.3 is 19.8 Å².